The number of morpholine rings is 1. The molecule has 0 aromatic heterocycles. The summed E-state index contributed by atoms with van der Waals surface area (Å²) in [5.41, 5.74) is 12.5. The highest BCUT2D eigenvalue weighted by atomic mass is 35.5. The van der Waals surface area contributed by atoms with Crippen molar-refractivity contribution in [2.45, 2.75) is 18.9 Å². The summed E-state index contributed by atoms with van der Waals surface area (Å²) >= 11 is 0. The summed E-state index contributed by atoms with van der Waals surface area (Å²) in [4.78, 5) is 7.00. The molecule has 2 aliphatic heterocycles. The van der Waals surface area contributed by atoms with Gasteiger partial charge in [0.25, 0.3) is 0 Å². The van der Waals surface area contributed by atoms with E-state index in [2.05, 4.69) is 39.5 Å². The SMILES string of the molecule is Cl.NC1=NC(c2ccc(N3CCOCC3)cc2)C2=C(N1)c1cc(F)ccc1CC2. The molecule has 2 heterocycles. The van der Waals surface area contributed by atoms with Crippen LogP contribution in [0.1, 0.15) is 29.2 Å². The Labute approximate surface area is 175 Å². The fourth-order valence-electron chi connectivity index (χ4n) is 4.33. The lowest BCUT2D eigenvalue weighted by Gasteiger charge is -2.32. The number of benzene rings is 2. The number of nitrogens with one attached hydrogen (secondary N) is 1. The number of hydrogen-bond acceptors (Lipinski definition) is 5. The van der Waals surface area contributed by atoms with Crippen molar-refractivity contribution in [1.82, 2.24) is 5.32 Å². The van der Waals surface area contributed by atoms with Gasteiger partial charge in [0, 0.05) is 24.3 Å². The number of aliphatic imine (C=N–C) groups is 1. The molecule has 1 unspecified atom stereocenters. The van der Waals surface area contributed by atoms with Crippen LogP contribution in [0, 0.1) is 5.82 Å². The third kappa shape index (κ3) is 3.70. The van der Waals surface area contributed by atoms with Gasteiger partial charge in [-0.1, -0.05) is 18.2 Å². The van der Waals surface area contributed by atoms with Crippen molar-refractivity contribution in [1.29, 1.82) is 0 Å². The van der Waals surface area contributed by atoms with Crippen LogP contribution in [0.25, 0.3) is 5.70 Å². The summed E-state index contributed by atoms with van der Waals surface area (Å²) in [6.07, 6.45) is 1.77. The van der Waals surface area contributed by atoms with Crippen molar-refractivity contribution in [3.63, 3.8) is 0 Å². The topological polar surface area (TPSA) is 62.9 Å². The van der Waals surface area contributed by atoms with Crippen molar-refractivity contribution in [3.05, 3.63) is 70.5 Å². The number of ether oxygens (including phenoxy) is 1. The van der Waals surface area contributed by atoms with Crippen LogP contribution in [0.15, 0.2) is 53.0 Å². The molecule has 2 aromatic rings. The predicted octanol–water partition coefficient (Wildman–Crippen LogP) is 3.40. The van der Waals surface area contributed by atoms with E-state index < -0.39 is 0 Å². The second-order valence-corrected chi connectivity index (χ2v) is 7.43. The molecule has 0 spiro atoms. The third-order valence-electron chi connectivity index (χ3n) is 5.76. The molecule has 2 aromatic carbocycles. The Hall–Kier alpha value is -2.57. The number of fused-ring (bicyclic) bond motifs is 2. The van der Waals surface area contributed by atoms with Gasteiger partial charge in [0.1, 0.15) is 11.9 Å². The molecule has 1 aliphatic carbocycles. The number of hydrogen-bond donors (Lipinski definition) is 2. The van der Waals surface area contributed by atoms with Crippen LogP contribution < -0.4 is 16.0 Å². The van der Waals surface area contributed by atoms with Crippen molar-refractivity contribution in [2.24, 2.45) is 10.7 Å². The zero-order valence-electron chi connectivity index (χ0n) is 16.0. The third-order valence-corrected chi connectivity index (χ3v) is 5.76. The predicted molar refractivity (Wildman–Crippen MR) is 116 cm³/mol. The number of rotatable bonds is 2. The quantitative estimate of drug-likeness (QED) is 0.790. The highest BCUT2D eigenvalue weighted by molar-refractivity contribution is 5.92. The minimum atomic E-state index is -0.234. The van der Waals surface area contributed by atoms with E-state index in [9.17, 15) is 4.39 Å². The zero-order chi connectivity index (χ0) is 19.1. The first-order valence-electron chi connectivity index (χ1n) is 9.74. The fourth-order valence-corrected chi connectivity index (χ4v) is 4.33. The highest BCUT2D eigenvalue weighted by Gasteiger charge is 2.30. The summed E-state index contributed by atoms with van der Waals surface area (Å²) < 4.78 is 19.3. The van der Waals surface area contributed by atoms with Crippen LogP contribution in [0.2, 0.25) is 0 Å². The molecular formula is C22H24ClFN4O. The highest BCUT2D eigenvalue weighted by Crippen LogP contribution is 2.41. The molecule has 0 amide bonds. The summed E-state index contributed by atoms with van der Waals surface area (Å²) in [6.45, 7) is 3.36. The molecule has 29 heavy (non-hydrogen) atoms. The Balaban J connectivity index is 0.00000205. The maximum atomic E-state index is 13.9. The van der Waals surface area contributed by atoms with E-state index in [1.807, 2.05) is 6.07 Å². The monoisotopic (exact) mass is 414 g/mol. The normalized spacial score (nSPS) is 20.8. The summed E-state index contributed by atoms with van der Waals surface area (Å²) in [5, 5.41) is 3.18. The maximum absolute atomic E-state index is 13.9. The molecule has 1 atom stereocenters. The molecule has 152 valence electrons. The lowest BCUT2D eigenvalue weighted by molar-refractivity contribution is 0.122. The largest absolute Gasteiger partial charge is 0.378 e. The molecular weight excluding hydrogens is 391 g/mol. The lowest BCUT2D eigenvalue weighted by Crippen LogP contribution is -2.37. The second kappa shape index (κ2) is 8.05. The number of nitrogens with zero attached hydrogens (tertiary/aromatic N) is 2. The van der Waals surface area contributed by atoms with Crippen LogP contribution in [-0.4, -0.2) is 32.3 Å². The second-order valence-electron chi connectivity index (χ2n) is 7.43. The Morgan fingerprint density at radius 3 is 2.59 bits per heavy atom. The molecule has 1 saturated heterocycles. The van der Waals surface area contributed by atoms with Crippen LogP contribution in [-0.2, 0) is 11.2 Å². The number of guanidine groups is 1. The van der Waals surface area contributed by atoms with Gasteiger partial charge in [-0.05, 0) is 53.8 Å². The zero-order valence-corrected chi connectivity index (χ0v) is 16.8. The Bertz CT molecular complexity index is 967. The summed E-state index contributed by atoms with van der Waals surface area (Å²) in [7, 11) is 0. The van der Waals surface area contributed by atoms with Gasteiger partial charge in [0.15, 0.2) is 5.96 Å². The van der Waals surface area contributed by atoms with Gasteiger partial charge in [-0.25, -0.2) is 9.38 Å². The fraction of sp³-hybridized carbons (Fsp3) is 0.318. The Morgan fingerprint density at radius 1 is 1.07 bits per heavy atom. The van der Waals surface area contributed by atoms with Gasteiger partial charge in [0.05, 0.1) is 18.9 Å². The van der Waals surface area contributed by atoms with Gasteiger partial charge < -0.3 is 20.7 Å². The van der Waals surface area contributed by atoms with Crippen molar-refractivity contribution in [3.8, 4) is 0 Å². The Morgan fingerprint density at radius 2 is 1.83 bits per heavy atom. The molecule has 0 saturated carbocycles. The maximum Gasteiger partial charge on any atom is 0.194 e. The van der Waals surface area contributed by atoms with Crippen LogP contribution >= 0.6 is 12.4 Å². The van der Waals surface area contributed by atoms with Gasteiger partial charge in [-0.3, -0.25) is 0 Å². The molecule has 5 rings (SSSR count). The van der Waals surface area contributed by atoms with Gasteiger partial charge in [-0.15, -0.1) is 12.4 Å². The molecule has 5 nitrogen and oxygen atoms in total. The minimum Gasteiger partial charge on any atom is -0.378 e. The van der Waals surface area contributed by atoms with Crippen molar-refractivity contribution < 1.29 is 9.13 Å². The van der Waals surface area contributed by atoms with Crippen molar-refractivity contribution in [2.75, 3.05) is 31.2 Å². The molecule has 3 aliphatic rings. The first-order valence-corrected chi connectivity index (χ1v) is 9.74. The van der Waals surface area contributed by atoms with Crippen LogP contribution in [0.3, 0.4) is 0 Å². The van der Waals surface area contributed by atoms with E-state index in [0.29, 0.717) is 5.96 Å². The van der Waals surface area contributed by atoms with Gasteiger partial charge in [-0.2, -0.15) is 0 Å². The van der Waals surface area contributed by atoms with E-state index >= 15 is 0 Å². The minimum absolute atomic E-state index is 0. The van der Waals surface area contributed by atoms with Gasteiger partial charge in [0.2, 0.25) is 0 Å². The standard InChI is InChI=1S/C22H23FN4O.ClH/c23-16-5-1-14-4-8-18-20(25-22(24)26-21(18)19(14)13-16)15-2-6-17(7-3-15)27-9-11-28-12-10-27;/h1-3,5-7,13,20H,4,8-12H2,(H3,24,25,26);1H. The van der Waals surface area contributed by atoms with Crippen LogP contribution in [0.4, 0.5) is 10.1 Å². The number of anilines is 1. The average molecular weight is 415 g/mol. The Kier molecular flexibility index (Phi) is 5.48. The van der Waals surface area contributed by atoms with E-state index in [1.54, 1.807) is 6.07 Å². The summed E-state index contributed by atoms with van der Waals surface area (Å²) in [5.74, 6) is 0.139. The number of halogens is 2. The van der Waals surface area contributed by atoms with Crippen molar-refractivity contribution >= 4 is 29.8 Å². The lowest BCUT2D eigenvalue weighted by atomic mass is 9.83. The molecule has 3 N–H and O–H groups in total. The van der Waals surface area contributed by atoms with E-state index in [4.69, 9.17) is 10.5 Å². The number of aryl methyl sites for hydroxylation is 1. The van der Waals surface area contributed by atoms with E-state index in [0.717, 1.165) is 61.5 Å². The van der Waals surface area contributed by atoms with E-state index in [1.165, 1.54) is 17.3 Å². The first kappa shape index (κ1) is 19.7. The molecule has 0 radical (unpaired) electrons. The van der Waals surface area contributed by atoms with E-state index in [-0.39, 0.29) is 24.3 Å². The van der Waals surface area contributed by atoms with Crippen LogP contribution in [0.5, 0.6) is 0 Å². The smallest absolute Gasteiger partial charge is 0.194 e. The van der Waals surface area contributed by atoms with Gasteiger partial charge >= 0.3 is 0 Å². The summed E-state index contributed by atoms with van der Waals surface area (Å²) in [6, 6.07) is 13.4. The number of nitrogens with two attached hydrogens (primary N) is 1. The molecule has 7 heteroatoms. The molecule has 0 bridgehead atoms. The average Bonchev–Trinajstić information content (AvgIpc) is 2.74. The first-order chi connectivity index (χ1) is 13.7. The molecule has 1 fully saturated rings.